The van der Waals surface area contributed by atoms with Crippen molar-refractivity contribution in [2.75, 3.05) is 12.8 Å². The Morgan fingerprint density at radius 3 is 2.83 bits per heavy atom. The third kappa shape index (κ3) is 3.08. The van der Waals surface area contributed by atoms with E-state index in [0.29, 0.717) is 12.6 Å². The van der Waals surface area contributed by atoms with Gasteiger partial charge in [0, 0.05) is 36.1 Å². The highest BCUT2D eigenvalue weighted by molar-refractivity contribution is 7.98. The molecule has 1 saturated carbocycles. The molecule has 0 spiro atoms. The first kappa shape index (κ1) is 15.7. The molecule has 2 aliphatic rings. The lowest BCUT2D eigenvalue weighted by molar-refractivity contribution is -0.135. The number of carbonyl (C=O) groups excluding carboxylic acids is 1. The molecule has 2 aromatic rings. The average Bonchev–Trinajstić information content (AvgIpc) is 3.35. The van der Waals surface area contributed by atoms with E-state index in [4.69, 9.17) is 0 Å². The summed E-state index contributed by atoms with van der Waals surface area (Å²) in [5.74, 6) is 0.152. The summed E-state index contributed by atoms with van der Waals surface area (Å²) in [6, 6.07) is 8.57. The number of hydrogen-bond acceptors (Lipinski definition) is 4. The van der Waals surface area contributed by atoms with Crippen LogP contribution in [0, 0.1) is 0 Å². The monoisotopic (exact) mass is 342 g/mol. The summed E-state index contributed by atoms with van der Waals surface area (Å²) >= 11 is 1.74. The van der Waals surface area contributed by atoms with Gasteiger partial charge < -0.3 is 15.2 Å². The number of H-pyrrole nitrogens is 1. The molecule has 1 aromatic carbocycles. The van der Waals surface area contributed by atoms with Crippen molar-refractivity contribution in [3.8, 4) is 0 Å². The third-order valence-corrected chi connectivity index (χ3v) is 5.52. The Hall–Kier alpha value is -1.79. The number of benzene rings is 1. The molecular weight excluding hydrogens is 320 g/mol. The van der Waals surface area contributed by atoms with Crippen LogP contribution in [-0.2, 0) is 17.8 Å². The van der Waals surface area contributed by atoms with Crippen molar-refractivity contribution < 1.29 is 4.79 Å². The van der Waals surface area contributed by atoms with Gasteiger partial charge in [0.15, 0.2) is 0 Å². The number of fused-ring (bicyclic) bond motifs is 1. The second-order valence-electron chi connectivity index (χ2n) is 6.45. The molecule has 1 amide bonds. The second-order valence-corrected chi connectivity index (χ2v) is 7.33. The van der Waals surface area contributed by atoms with Crippen LogP contribution < -0.4 is 5.32 Å². The summed E-state index contributed by atoms with van der Waals surface area (Å²) in [6.45, 7) is 1.49. The van der Waals surface area contributed by atoms with Gasteiger partial charge in [0.05, 0.1) is 12.0 Å². The van der Waals surface area contributed by atoms with E-state index >= 15 is 0 Å². The Labute approximate surface area is 146 Å². The van der Waals surface area contributed by atoms with Crippen molar-refractivity contribution in [1.82, 2.24) is 20.2 Å². The third-order valence-electron chi connectivity index (χ3n) is 4.78. The van der Waals surface area contributed by atoms with Gasteiger partial charge in [-0.1, -0.05) is 12.1 Å². The summed E-state index contributed by atoms with van der Waals surface area (Å²) in [5.41, 5.74) is 3.15. The fourth-order valence-corrected chi connectivity index (χ4v) is 3.70. The predicted molar refractivity (Wildman–Crippen MR) is 94.8 cm³/mol. The fourth-order valence-electron chi connectivity index (χ4n) is 3.29. The zero-order valence-electron chi connectivity index (χ0n) is 13.8. The highest BCUT2D eigenvalue weighted by atomic mass is 32.2. The lowest BCUT2D eigenvalue weighted by atomic mass is 10.0. The molecule has 1 aliphatic heterocycles. The zero-order chi connectivity index (χ0) is 16.5. The standard InChI is InChI=1S/C18H22N4OS/c1-24-14-6-2-12(3-7-14)10-22(13-4-5-13)18(23)17-16-15(8-9-19-17)20-11-21-16/h2-3,6-7,11,13,17,19H,4-5,8-10H2,1H3,(H,20,21)/t17-/m1/s1. The number of imidazole rings is 1. The molecule has 6 heteroatoms. The number of nitrogens with zero attached hydrogens (tertiary/aromatic N) is 2. The quantitative estimate of drug-likeness (QED) is 0.820. The highest BCUT2D eigenvalue weighted by Crippen LogP contribution is 2.32. The number of carbonyl (C=O) groups is 1. The molecule has 0 bridgehead atoms. The van der Waals surface area contributed by atoms with Crippen molar-refractivity contribution in [3.63, 3.8) is 0 Å². The molecule has 1 aromatic heterocycles. The first-order valence-corrected chi connectivity index (χ1v) is 9.67. The van der Waals surface area contributed by atoms with E-state index in [-0.39, 0.29) is 11.9 Å². The van der Waals surface area contributed by atoms with Gasteiger partial charge >= 0.3 is 0 Å². The first-order chi connectivity index (χ1) is 11.8. The Balaban J connectivity index is 1.54. The van der Waals surface area contributed by atoms with Gasteiger partial charge in [0.2, 0.25) is 5.91 Å². The molecule has 1 aliphatic carbocycles. The van der Waals surface area contributed by atoms with Gasteiger partial charge in [-0.2, -0.15) is 0 Å². The average molecular weight is 342 g/mol. The molecule has 0 unspecified atom stereocenters. The van der Waals surface area contributed by atoms with Crippen LogP contribution in [0.25, 0.3) is 0 Å². The Morgan fingerprint density at radius 1 is 1.33 bits per heavy atom. The van der Waals surface area contributed by atoms with Gasteiger partial charge in [-0.3, -0.25) is 4.79 Å². The summed E-state index contributed by atoms with van der Waals surface area (Å²) in [7, 11) is 0. The van der Waals surface area contributed by atoms with E-state index in [1.54, 1.807) is 18.1 Å². The van der Waals surface area contributed by atoms with E-state index in [2.05, 4.69) is 45.8 Å². The molecule has 0 radical (unpaired) electrons. The van der Waals surface area contributed by atoms with Gasteiger partial charge in [0.25, 0.3) is 0 Å². The molecule has 1 fully saturated rings. The van der Waals surface area contributed by atoms with Gasteiger partial charge in [-0.15, -0.1) is 11.8 Å². The number of rotatable bonds is 5. The maximum absolute atomic E-state index is 13.2. The number of hydrogen-bond donors (Lipinski definition) is 2. The molecule has 2 N–H and O–H groups in total. The van der Waals surface area contributed by atoms with E-state index in [0.717, 1.165) is 37.2 Å². The SMILES string of the molecule is CSc1ccc(CN(C(=O)[C@@H]2NCCc3[nH]cnc32)C2CC2)cc1. The van der Waals surface area contributed by atoms with E-state index < -0.39 is 0 Å². The number of nitrogens with one attached hydrogen (secondary N) is 2. The molecular formula is C18H22N4OS. The Kier molecular flexibility index (Phi) is 4.33. The van der Waals surface area contributed by atoms with Crippen LogP contribution in [0.5, 0.6) is 0 Å². The van der Waals surface area contributed by atoms with Gasteiger partial charge in [0.1, 0.15) is 6.04 Å². The number of thioether (sulfide) groups is 1. The van der Waals surface area contributed by atoms with Gasteiger partial charge in [-0.25, -0.2) is 4.98 Å². The number of aromatic nitrogens is 2. The maximum Gasteiger partial charge on any atom is 0.246 e. The van der Waals surface area contributed by atoms with E-state index in [1.807, 2.05) is 4.90 Å². The van der Waals surface area contributed by atoms with Crippen LogP contribution in [0.4, 0.5) is 0 Å². The van der Waals surface area contributed by atoms with Crippen LogP contribution >= 0.6 is 11.8 Å². The van der Waals surface area contributed by atoms with Crippen molar-refractivity contribution in [1.29, 1.82) is 0 Å². The zero-order valence-corrected chi connectivity index (χ0v) is 14.6. The molecule has 126 valence electrons. The molecule has 1 atom stereocenters. The summed E-state index contributed by atoms with van der Waals surface area (Å²) in [6.07, 6.45) is 6.88. The summed E-state index contributed by atoms with van der Waals surface area (Å²) < 4.78 is 0. The number of aromatic amines is 1. The minimum Gasteiger partial charge on any atom is -0.348 e. The van der Waals surface area contributed by atoms with Crippen molar-refractivity contribution in [2.45, 2.75) is 42.8 Å². The fraction of sp³-hybridized carbons (Fsp3) is 0.444. The molecule has 0 saturated heterocycles. The number of amides is 1. The van der Waals surface area contributed by atoms with Crippen LogP contribution in [0.2, 0.25) is 0 Å². The lowest BCUT2D eigenvalue weighted by Gasteiger charge is -2.30. The Bertz CT molecular complexity index is 723. The molecule has 24 heavy (non-hydrogen) atoms. The summed E-state index contributed by atoms with van der Waals surface area (Å²) in [4.78, 5) is 24.0. The topological polar surface area (TPSA) is 61.0 Å². The summed E-state index contributed by atoms with van der Waals surface area (Å²) in [5, 5.41) is 3.35. The van der Waals surface area contributed by atoms with Crippen LogP contribution in [0.3, 0.4) is 0 Å². The van der Waals surface area contributed by atoms with Crippen molar-refractivity contribution >= 4 is 17.7 Å². The lowest BCUT2D eigenvalue weighted by Crippen LogP contribution is -2.44. The largest absolute Gasteiger partial charge is 0.348 e. The molecule has 2 heterocycles. The first-order valence-electron chi connectivity index (χ1n) is 8.45. The smallest absolute Gasteiger partial charge is 0.246 e. The van der Waals surface area contributed by atoms with Crippen molar-refractivity contribution in [2.24, 2.45) is 0 Å². The Morgan fingerprint density at radius 2 is 2.12 bits per heavy atom. The predicted octanol–water partition coefficient (Wildman–Crippen LogP) is 2.51. The second kappa shape index (κ2) is 6.61. The molecule has 5 nitrogen and oxygen atoms in total. The van der Waals surface area contributed by atoms with Crippen molar-refractivity contribution in [3.05, 3.63) is 47.5 Å². The van der Waals surface area contributed by atoms with E-state index in [9.17, 15) is 4.79 Å². The minimum absolute atomic E-state index is 0.152. The van der Waals surface area contributed by atoms with Crippen LogP contribution in [-0.4, -0.2) is 39.6 Å². The molecule has 4 rings (SSSR count). The van der Waals surface area contributed by atoms with Gasteiger partial charge in [-0.05, 0) is 36.8 Å². The normalized spacial score (nSPS) is 19.8. The van der Waals surface area contributed by atoms with Crippen LogP contribution in [0.1, 0.15) is 35.8 Å². The highest BCUT2D eigenvalue weighted by Gasteiger charge is 2.38. The maximum atomic E-state index is 13.2. The van der Waals surface area contributed by atoms with Crippen LogP contribution in [0.15, 0.2) is 35.5 Å². The minimum atomic E-state index is -0.314. The van der Waals surface area contributed by atoms with E-state index in [1.165, 1.54) is 10.5 Å².